The van der Waals surface area contributed by atoms with Gasteiger partial charge in [0.15, 0.2) is 23.0 Å². The minimum Gasteiger partial charge on any atom is -0.493 e. The highest BCUT2D eigenvalue weighted by atomic mass is 16.5. The van der Waals surface area contributed by atoms with E-state index in [0.29, 0.717) is 76.9 Å². The van der Waals surface area contributed by atoms with Gasteiger partial charge in [-0.2, -0.15) is 0 Å². The highest BCUT2D eigenvalue weighted by Gasteiger charge is 2.35. The molecule has 0 aromatic heterocycles. The molecule has 58 heavy (non-hydrogen) atoms. The van der Waals surface area contributed by atoms with Gasteiger partial charge in [0.2, 0.25) is 0 Å². The number of nitrogens with zero attached hydrogens (tertiary/aromatic N) is 4. The summed E-state index contributed by atoms with van der Waals surface area (Å²) in [7, 11) is 6.34. The average Bonchev–Trinajstić information content (AvgIpc) is 3.83. The van der Waals surface area contributed by atoms with Crippen LogP contribution < -0.4 is 24.3 Å². The number of rotatable bonds is 13. The minimum atomic E-state index is -0.405. The van der Waals surface area contributed by atoms with Crippen LogP contribution in [-0.2, 0) is 11.3 Å². The Balaban J connectivity index is 0.897. The van der Waals surface area contributed by atoms with Crippen molar-refractivity contribution in [1.29, 1.82) is 0 Å². The molecule has 0 saturated carbocycles. The number of esters is 1. The number of hydrogen-bond acceptors (Lipinski definition) is 11. The van der Waals surface area contributed by atoms with Gasteiger partial charge in [0.25, 0.3) is 11.8 Å². The molecule has 0 saturated heterocycles. The lowest BCUT2D eigenvalue weighted by atomic mass is 10.0. The number of ether oxygens (including phenoxy) is 5. The van der Waals surface area contributed by atoms with Gasteiger partial charge in [0, 0.05) is 62.8 Å². The lowest BCUT2D eigenvalue weighted by molar-refractivity contribution is 0.0600. The van der Waals surface area contributed by atoms with Crippen molar-refractivity contribution >= 4 is 52.7 Å². The molecule has 0 bridgehead atoms. The van der Waals surface area contributed by atoms with E-state index in [1.807, 2.05) is 37.8 Å². The van der Waals surface area contributed by atoms with E-state index in [-0.39, 0.29) is 30.5 Å². The summed E-state index contributed by atoms with van der Waals surface area (Å²) in [5, 5.41) is 3.16. The van der Waals surface area contributed by atoms with Crippen molar-refractivity contribution in [2.24, 2.45) is 9.98 Å². The van der Waals surface area contributed by atoms with Gasteiger partial charge in [0.1, 0.15) is 0 Å². The predicted molar refractivity (Wildman–Crippen MR) is 220 cm³/mol. The summed E-state index contributed by atoms with van der Waals surface area (Å²) in [5.74, 6) is 1.00. The summed E-state index contributed by atoms with van der Waals surface area (Å²) in [6.45, 7) is 1.38. The molecule has 0 radical (unpaired) electrons. The van der Waals surface area contributed by atoms with Crippen molar-refractivity contribution in [3.8, 4) is 23.0 Å². The van der Waals surface area contributed by atoms with Crippen LogP contribution in [0.5, 0.6) is 23.0 Å². The third kappa shape index (κ3) is 7.43. The van der Waals surface area contributed by atoms with Crippen LogP contribution in [-0.4, -0.2) is 93.7 Å². The maximum Gasteiger partial charge on any atom is 0.337 e. The predicted octanol–water partition coefficient (Wildman–Crippen LogP) is 7.00. The lowest BCUT2D eigenvalue weighted by Gasteiger charge is -2.19. The monoisotopic (exact) mass is 781 g/mol. The molecule has 0 fully saturated rings. The van der Waals surface area contributed by atoms with Crippen LogP contribution in [0.2, 0.25) is 0 Å². The van der Waals surface area contributed by atoms with E-state index in [2.05, 4.69) is 34.6 Å². The molecular formula is C45H43N5O8. The van der Waals surface area contributed by atoms with E-state index >= 15 is 0 Å². The van der Waals surface area contributed by atoms with Gasteiger partial charge in [-0.05, 0) is 59.1 Å². The third-order valence-corrected chi connectivity index (χ3v) is 10.6. The standard InChI is InChI=1S/C45H43N5O8/c1-46-22-27-6-8-28(9-7-27)31-16-33-23-47-37-20-41(39(54-2)18-35(37)43(51)49(33)25-31)57-14-5-15-58-42-21-38-36(19-40(42)55-3)44(52)50-26-32(17-34(50)24-48-38)29-10-12-30(13-11-29)45(53)56-4/h6-13,18-21,23-26,33-34,46H,5,14-17,22H2,1-4H3/t33-,34-/m0/s1. The zero-order valence-electron chi connectivity index (χ0n) is 32.7. The van der Waals surface area contributed by atoms with Crippen molar-refractivity contribution in [3.63, 3.8) is 0 Å². The second-order valence-electron chi connectivity index (χ2n) is 14.2. The van der Waals surface area contributed by atoms with Crippen LogP contribution in [0, 0.1) is 0 Å². The molecule has 4 aliphatic rings. The van der Waals surface area contributed by atoms with Crippen LogP contribution in [0.3, 0.4) is 0 Å². The van der Waals surface area contributed by atoms with E-state index in [9.17, 15) is 14.4 Å². The Bertz CT molecular complexity index is 2390. The maximum absolute atomic E-state index is 13.8. The molecule has 13 heteroatoms. The molecule has 0 aliphatic carbocycles. The average molecular weight is 782 g/mol. The quantitative estimate of drug-likeness (QED) is 0.112. The number of amides is 2. The SMILES string of the molecule is CNCc1ccc(C2=CN3C(=O)c4cc(OC)c(OCCCOc5cc6c(cc5OC)C(=O)N5C=C(c7ccc(C(=O)OC)cc7)C[C@H]5C=N6)cc4N=C[C@@H]3C2)cc1. The van der Waals surface area contributed by atoms with Crippen LogP contribution in [0.1, 0.15) is 67.0 Å². The Morgan fingerprint density at radius 3 is 1.62 bits per heavy atom. The Hall–Kier alpha value is -6.73. The number of aliphatic imine (C=N–C) groups is 2. The van der Waals surface area contributed by atoms with Crippen LogP contribution in [0.25, 0.3) is 11.1 Å². The second kappa shape index (κ2) is 16.4. The number of hydrogen-bond donors (Lipinski definition) is 1. The van der Waals surface area contributed by atoms with Crippen molar-refractivity contribution in [3.05, 3.63) is 119 Å². The zero-order valence-corrected chi connectivity index (χ0v) is 32.7. The number of nitrogens with one attached hydrogen (secondary N) is 1. The van der Waals surface area contributed by atoms with E-state index < -0.39 is 5.97 Å². The highest BCUT2D eigenvalue weighted by Crippen LogP contribution is 2.42. The van der Waals surface area contributed by atoms with Gasteiger partial charge in [-0.1, -0.05) is 36.4 Å². The molecular weight excluding hydrogens is 739 g/mol. The minimum absolute atomic E-state index is 0.149. The molecule has 296 valence electrons. The zero-order chi connectivity index (χ0) is 40.3. The van der Waals surface area contributed by atoms with Crippen molar-refractivity contribution < 1.29 is 38.1 Å². The Morgan fingerprint density at radius 2 is 1.17 bits per heavy atom. The second-order valence-corrected chi connectivity index (χ2v) is 14.2. The Labute approximate surface area is 336 Å². The first-order valence-electron chi connectivity index (χ1n) is 19.1. The fraction of sp³-hybridized carbons (Fsp3) is 0.267. The Kier molecular flexibility index (Phi) is 10.8. The lowest BCUT2D eigenvalue weighted by Crippen LogP contribution is -2.32. The fourth-order valence-corrected chi connectivity index (χ4v) is 7.54. The first-order chi connectivity index (χ1) is 28.3. The van der Waals surface area contributed by atoms with E-state index in [1.165, 1.54) is 19.8 Å². The summed E-state index contributed by atoms with van der Waals surface area (Å²) in [4.78, 5) is 52.3. The van der Waals surface area contributed by atoms with E-state index in [1.54, 1.807) is 59.5 Å². The number of carbonyl (C=O) groups is 3. The number of methoxy groups -OCH3 is 3. The van der Waals surface area contributed by atoms with Gasteiger partial charge >= 0.3 is 5.97 Å². The summed E-state index contributed by atoms with van der Waals surface area (Å²) < 4.78 is 28.4. The molecule has 4 aromatic carbocycles. The van der Waals surface area contributed by atoms with Crippen LogP contribution >= 0.6 is 0 Å². The van der Waals surface area contributed by atoms with Crippen molar-refractivity contribution in [2.75, 3.05) is 41.6 Å². The first kappa shape index (κ1) is 38.2. The van der Waals surface area contributed by atoms with Crippen LogP contribution in [0.4, 0.5) is 11.4 Å². The molecule has 0 unspecified atom stereocenters. The van der Waals surface area contributed by atoms with E-state index in [4.69, 9.17) is 28.7 Å². The van der Waals surface area contributed by atoms with Gasteiger partial charge in [0.05, 0.1) is 74.7 Å². The van der Waals surface area contributed by atoms with E-state index in [0.717, 1.165) is 28.8 Å². The largest absolute Gasteiger partial charge is 0.493 e. The van der Waals surface area contributed by atoms with Gasteiger partial charge in [-0.25, -0.2) is 4.79 Å². The third-order valence-electron chi connectivity index (χ3n) is 10.6. The number of fused-ring (bicyclic) bond motifs is 4. The molecule has 4 heterocycles. The summed E-state index contributed by atoms with van der Waals surface area (Å²) in [6.07, 6.45) is 9.11. The Morgan fingerprint density at radius 1 is 0.690 bits per heavy atom. The van der Waals surface area contributed by atoms with Crippen LogP contribution in [0.15, 0.2) is 95.2 Å². The molecule has 2 amide bonds. The summed E-state index contributed by atoms with van der Waals surface area (Å²) >= 11 is 0. The molecule has 2 atom stereocenters. The van der Waals surface area contributed by atoms with Crippen molar-refractivity contribution in [2.45, 2.75) is 37.9 Å². The number of benzene rings is 4. The van der Waals surface area contributed by atoms with Gasteiger partial charge in [-0.15, -0.1) is 0 Å². The molecule has 4 aromatic rings. The maximum atomic E-state index is 13.8. The topological polar surface area (TPSA) is 141 Å². The van der Waals surface area contributed by atoms with Gasteiger partial charge < -0.3 is 38.8 Å². The highest BCUT2D eigenvalue weighted by molar-refractivity contribution is 6.06. The normalized spacial score (nSPS) is 17.7. The summed E-state index contributed by atoms with van der Waals surface area (Å²) in [6, 6.07) is 21.8. The first-order valence-corrected chi connectivity index (χ1v) is 19.1. The smallest absolute Gasteiger partial charge is 0.337 e. The molecule has 4 aliphatic heterocycles. The molecule has 13 nitrogen and oxygen atoms in total. The van der Waals surface area contributed by atoms with Gasteiger partial charge in [-0.3, -0.25) is 19.6 Å². The molecule has 8 rings (SSSR count). The fourth-order valence-electron chi connectivity index (χ4n) is 7.54. The number of carbonyl (C=O) groups excluding carboxylic acids is 3. The molecule has 0 spiro atoms. The van der Waals surface area contributed by atoms with Crippen molar-refractivity contribution in [1.82, 2.24) is 15.1 Å². The summed E-state index contributed by atoms with van der Waals surface area (Å²) in [5.41, 5.74) is 7.52. The molecule has 1 N–H and O–H groups in total.